The van der Waals surface area contributed by atoms with Crippen molar-refractivity contribution in [2.45, 2.75) is 78.7 Å². The largest absolute Gasteiger partial charge is 0.500 e. The second kappa shape index (κ2) is 10.6. The van der Waals surface area contributed by atoms with Crippen molar-refractivity contribution in [3.05, 3.63) is 59.9 Å². The van der Waals surface area contributed by atoms with E-state index in [0.717, 1.165) is 19.3 Å². The van der Waals surface area contributed by atoms with E-state index in [1.165, 1.54) is 5.56 Å². The van der Waals surface area contributed by atoms with Crippen LogP contribution in [0.5, 0.6) is 0 Å². The van der Waals surface area contributed by atoms with Gasteiger partial charge >= 0.3 is 11.9 Å². The molecule has 5 nitrogen and oxygen atoms in total. The number of rotatable bonds is 7. The second-order valence-electron chi connectivity index (χ2n) is 11.8. The minimum Gasteiger partial charge on any atom is -0.500 e. The fourth-order valence-electron chi connectivity index (χ4n) is 5.33. The molecule has 0 radical (unpaired) electrons. The molecule has 1 aromatic rings. The first-order chi connectivity index (χ1) is 16.4. The SMILES string of the molecule is COC1=CCC=CC1(COC(=O)C(C)(C)C)C(=O)O[C@@H]1C[C@H](C)CC[C@H]1C(C)(C)c1ccccc1. The average Bonchev–Trinajstić information content (AvgIpc) is 2.82. The first kappa shape index (κ1) is 27.0. The lowest BCUT2D eigenvalue weighted by molar-refractivity contribution is -0.172. The highest BCUT2D eigenvalue weighted by Crippen LogP contribution is 2.45. The quantitative estimate of drug-likeness (QED) is 0.333. The molecule has 35 heavy (non-hydrogen) atoms. The third-order valence-corrected chi connectivity index (χ3v) is 7.67. The Morgan fingerprint density at radius 2 is 1.74 bits per heavy atom. The molecule has 1 unspecified atom stereocenters. The lowest BCUT2D eigenvalue weighted by atomic mass is 9.64. The van der Waals surface area contributed by atoms with E-state index in [-0.39, 0.29) is 30.0 Å². The number of ether oxygens (including phenoxy) is 3. The Labute approximate surface area is 210 Å². The zero-order valence-electron chi connectivity index (χ0n) is 22.4. The summed E-state index contributed by atoms with van der Waals surface area (Å²) in [6.07, 6.45) is 8.85. The predicted molar refractivity (Wildman–Crippen MR) is 138 cm³/mol. The monoisotopic (exact) mass is 482 g/mol. The van der Waals surface area contributed by atoms with E-state index < -0.39 is 16.8 Å². The molecule has 0 spiro atoms. The molecule has 1 fully saturated rings. The van der Waals surface area contributed by atoms with E-state index >= 15 is 0 Å². The number of methoxy groups -OCH3 is 1. The van der Waals surface area contributed by atoms with Crippen LogP contribution in [0.3, 0.4) is 0 Å². The first-order valence-corrected chi connectivity index (χ1v) is 12.8. The van der Waals surface area contributed by atoms with Crippen LogP contribution < -0.4 is 0 Å². The van der Waals surface area contributed by atoms with Crippen molar-refractivity contribution in [3.8, 4) is 0 Å². The number of carbonyl (C=O) groups excluding carboxylic acids is 2. The molecule has 2 aliphatic rings. The summed E-state index contributed by atoms with van der Waals surface area (Å²) >= 11 is 0. The molecule has 0 N–H and O–H groups in total. The van der Waals surface area contributed by atoms with Gasteiger partial charge < -0.3 is 14.2 Å². The fourth-order valence-corrected chi connectivity index (χ4v) is 5.33. The van der Waals surface area contributed by atoms with Crippen molar-refractivity contribution in [2.75, 3.05) is 13.7 Å². The molecule has 4 atom stereocenters. The van der Waals surface area contributed by atoms with Gasteiger partial charge in [0.1, 0.15) is 18.5 Å². The zero-order valence-corrected chi connectivity index (χ0v) is 22.4. The van der Waals surface area contributed by atoms with Gasteiger partial charge in [0.2, 0.25) is 0 Å². The molecule has 0 heterocycles. The Kier molecular flexibility index (Phi) is 8.18. The molecule has 1 aromatic carbocycles. The van der Waals surface area contributed by atoms with Crippen molar-refractivity contribution < 1.29 is 23.8 Å². The Hall–Kier alpha value is -2.56. The molecule has 0 aromatic heterocycles. The summed E-state index contributed by atoms with van der Waals surface area (Å²) in [4.78, 5) is 26.5. The van der Waals surface area contributed by atoms with Gasteiger partial charge in [-0.1, -0.05) is 69.7 Å². The normalized spacial score (nSPS) is 27.1. The van der Waals surface area contributed by atoms with Gasteiger partial charge in [-0.2, -0.15) is 0 Å². The van der Waals surface area contributed by atoms with Crippen LogP contribution in [0.2, 0.25) is 0 Å². The minimum atomic E-state index is -1.28. The number of carbonyl (C=O) groups is 2. The molecule has 0 aliphatic heterocycles. The third kappa shape index (κ3) is 5.82. The molecule has 3 rings (SSSR count). The molecule has 0 amide bonds. The maximum atomic E-state index is 13.9. The van der Waals surface area contributed by atoms with Crippen molar-refractivity contribution >= 4 is 11.9 Å². The van der Waals surface area contributed by atoms with Crippen molar-refractivity contribution in [1.82, 2.24) is 0 Å². The lowest BCUT2D eigenvalue weighted by Gasteiger charge is -2.45. The van der Waals surface area contributed by atoms with Crippen molar-refractivity contribution in [2.24, 2.45) is 22.7 Å². The Morgan fingerprint density at radius 1 is 1.06 bits per heavy atom. The highest BCUT2D eigenvalue weighted by molar-refractivity contribution is 5.84. The molecule has 5 heteroatoms. The highest BCUT2D eigenvalue weighted by atomic mass is 16.6. The summed E-state index contributed by atoms with van der Waals surface area (Å²) in [5.41, 5.74) is -0.884. The third-order valence-electron chi connectivity index (χ3n) is 7.67. The Balaban J connectivity index is 1.90. The number of hydrogen-bond donors (Lipinski definition) is 0. The summed E-state index contributed by atoms with van der Waals surface area (Å²) in [5.74, 6) is 0.311. The van der Waals surface area contributed by atoms with E-state index in [1.54, 1.807) is 34.0 Å². The van der Waals surface area contributed by atoms with Crippen LogP contribution in [-0.2, 0) is 29.2 Å². The van der Waals surface area contributed by atoms with Crippen LogP contribution >= 0.6 is 0 Å². The molecular formula is C30H42O5. The van der Waals surface area contributed by atoms with Gasteiger partial charge in [-0.15, -0.1) is 0 Å². The average molecular weight is 483 g/mol. The van der Waals surface area contributed by atoms with E-state index in [2.05, 4.69) is 45.0 Å². The van der Waals surface area contributed by atoms with E-state index in [0.29, 0.717) is 18.1 Å². The van der Waals surface area contributed by atoms with Crippen LogP contribution in [0.25, 0.3) is 0 Å². The molecule has 0 saturated heterocycles. The summed E-state index contributed by atoms with van der Waals surface area (Å²) in [7, 11) is 1.54. The van der Waals surface area contributed by atoms with E-state index in [9.17, 15) is 9.59 Å². The Morgan fingerprint density at radius 3 is 2.37 bits per heavy atom. The number of hydrogen-bond acceptors (Lipinski definition) is 5. The summed E-state index contributed by atoms with van der Waals surface area (Å²) in [6.45, 7) is 11.9. The molecule has 2 aliphatic carbocycles. The second-order valence-corrected chi connectivity index (χ2v) is 11.8. The zero-order chi connectivity index (χ0) is 25.9. The van der Waals surface area contributed by atoms with Gasteiger partial charge in [-0.05, 0) is 63.0 Å². The lowest BCUT2D eigenvalue weighted by Crippen LogP contribution is -2.47. The van der Waals surface area contributed by atoms with Gasteiger partial charge in [0.25, 0.3) is 0 Å². The van der Waals surface area contributed by atoms with E-state index in [4.69, 9.17) is 14.2 Å². The number of benzene rings is 1. The van der Waals surface area contributed by atoms with Gasteiger partial charge in [0.15, 0.2) is 5.41 Å². The van der Waals surface area contributed by atoms with E-state index in [1.807, 2.05) is 18.2 Å². The summed E-state index contributed by atoms with van der Waals surface area (Å²) in [5, 5.41) is 0. The smallest absolute Gasteiger partial charge is 0.327 e. The topological polar surface area (TPSA) is 61.8 Å². The predicted octanol–water partition coefficient (Wildman–Crippen LogP) is 6.38. The van der Waals surface area contributed by atoms with Gasteiger partial charge in [-0.25, -0.2) is 0 Å². The number of allylic oxidation sites excluding steroid dienone is 2. The van der Waals surface area contributed by atoms with Crippen LogP contribution in [0, 0.1) is 22.7 Å². The maximum Gasteiger partial charge on any atom is 0.327 e. The standard InChI is InChI=1S/C30H42O5/c1-21-16-17-23(29(5,6)22-13-9-8-10-14-22)24(19-21)35-27(32)30(18-12-11-15-25(30)33-7)20-34-26(31)28(2,3)4/h8-10,12-15,18,21,23-24H,11,16-17,19-20H2,1-7H3/t21-,23-,24-,30?/m1/s1. The summed E-state index contributed by atoms with van der Waals surface area (Å²) in [6, 6.07) is 10.5. The maximum absolute atomic E-state index is 13.9. The van der Waals surface area contributed by atoms with Gasteiger partial charge in [0, 0.05) is 5.92 Å². The molecular weight excluding hydrogens is 440 g/mol. The molecule has 192 valence electrons. The van der Waals surface area contributed by atoms with Crippen LogP contribution in [-0.4, -0.2) is 31.8 Å². The van der Waals surface area contributed by atoms with Crippen LogP contribution in [0.4, 0.5) is 0 Å². The van der Waals surface area contributed by atoms with Crippen molar-refractivity contribution in [1.29, 1.82) is 0 Å². The highest BCUT2D eigenvalue weighted by Gasteiger charge is 2.49. The fraction of sp³-hybridized carbons (Fsp3) is 0.600. The van der Waals surface area contributed by atoms with Gasteiger partial charge in [-0.3, -0.25) is 9.59 Å². The summed E-state index contributed by atoms with van der Waals surface area (Å²) < 4.78 is 17.7. The number of esters is 2. The minimum absolute atomic E-state index is 0.146. The molecule has 0 bridgehead atoms. The molecule has 1 saturated carbocycles. The Bertz CT molecular complexity index is 953. The first-order valence-electron chi connectivity index (χ1n) is 12.8. The van der Waals surface area contributed by atoms with Crippen molar-refractivity contribution in [3.63, 3.8) is 0 Å². The van der Waals surface area contributed by atoms with Crippen LogP contribution in [0.15, 0.2) is 54.3 Å². The van der Waals surface area contributed by atoms with Gasteiger partial charge in [0.05, 0.1) is 12.5 Å². The van der Waals surface area contributed by atoms with Crippen LogP contribution in [0.1, 0.15) is 72.8 Å².